The van der Waals surface area contributed by atoms with E-state index in [0.717, 1.165) is 11.1 Å². The maximum atomic E-state index is 12.8. The van der Waals surface area contributed by atoms with Crippen molar-refractivity contribution in [1.29, 1.82) is 0 Å². The lowest BCUT2D eigenvalue weighted by Crippen LogP contribution is -2.51. The second-order valence-electron chi connectivity index (χ2n) is 7.41. The van der Waals surface area contributed by atoms with E-state index >= 15 is 0 Å². The number of hydrogen-bond acceptors (Lipinski definition) is 3. The molecule has 5 heteroatoms. The number of nitrogens with zero attached hydrogens (tertiary/aromatic N) is 3. The van der Waals surface area contributed by atoms with Crippen LogP contribution in [0.4, 0.5) is 0 Å². The van der Waals surface area contributed by atoms with Crippen LogP contribution in [-0.4, -0.2) is 52.8 Å². The van der Waals surface area contributed by atoms with Gasteiger partial charge >= 0.3 is 0 Å². The lowest BCUT2D eigenvalue weighted by atomic mass is 9.96. The summed E-state index contributed by atoms with van der Waals surface area (Å²) in [5, 5.41) is 0. The topological polar surface area (TPSA) is 53.5 Å². The molecule has 0 saturated carbocycles. The average molecular weight is 365 g/mol. The van der Waals surface area contributed by atoms with E-state index in [-0.39, 0.29) is 11.8 Å². The number of hydrogen-bond donors (Lipinski definition) is 0. The Morgan fingerprint density at radius 1 is 1.04 bits per heavy atom. The monoisotopic (exact) mass is 365 g/mol. The Morgan fingerprint density at radius 3 is 2.37 bits per heavy atom. The number of benzene rings is 1. The molecule has 1 aromatic heterocycles. The van der Waals surface area contributed by atoms with Crippen molar-refractivity contribution in [3.63, 3.8) is 0 Å². The van der Waals surface area contributed by atoms with Crippen molar-refractivity contribution in [1.82, 2.24) is 14.8 Å². The summed E-state index contributed by atoms with van der Waals surface area (Å²) < 4.78 is 0. The van der Waals surface area contributed by atoms with Crippen molar-refractivity contribution in [2.75, 3.05) is 26.2 Å². The molecule has 1 aromatic carbocycles. The first-order valence-electron chi connectivity index (χ1n) is 9.53. The van der Waals surface area contributed by atoms with Gasteiger partial charge in [0.25, 0.3) is 5.91 Å². The Labute approximate surface area is 161 Å². The van der Waals surface area contributed by atoms with Crippen molar-refractivity contribution >= 4 is 11.8 Å². The molecule has 27 heavy (non-hydrogen) atoms. The Hall–Kier alpha value is -2.69. The van der Waals surface area contributed by atoms with Crippen LogP contribution in [0.25, 0.3) is 0 Å². The summed E-state index contributed by atoms with van der Waals surface area (Å²) in [7, 11) is 0. The van der Waals surface area contributed by atoms with E-state index < -0.39 is 0 Å². The normalized spacial score (nSPS) is 14.5. The van der Waals surface area contributed by atoms with Crippen molar-refractivity contribution in [3.8, 4) is 0 Å². The van der Waals surface area contributed by atoms with Crippen LogP contribution in [-0.2, 0) is 11.2 Å². The number of carbonyl (C=O) groups excluding carboxylic acids is 2. The highest BCUT2D eigenvalue weighted by atomic mass is 16.2. The first kappa shape index (κ1) is 19.1. The molecule has 0 N–H and O–H groups in total. The van der Waals surface area contributed by atoms with Crippen LogP contribution in [0.5, 0.6) is 0 Å². The molecule has 0 bridgehead atoms. The molecule has 0 unspecified atom stereocenters. The van der Waals surface area contributed by atoms with E-state index in [0.29, 0.717) is 44.2 Å². The molecule has 0 aliphatic carbocycles. The molecule has 1 saturated heterocycles. The van der Waals surface area contributed by atoms with E-state index in [1.807, 2.05) is 11.0 Å². The molecule has 0 atom stereocenters. The van der Waals surface area contributed by atoms with Gasteiger partial charge in [0.2, 0.25) is 5.91 Å². The predicted molar refractivity (Wildman–Crippen MR) is 106 cm³/mol. The Bertz CT molecular complexity index is 810. The fourth-order valence-electron chi connectivity index (χ4n) is 3.33. The van der Waals surface area contributed by atoms with Crippen LogP contribution >= 0.6 is 0 Å². The van der Waals surface area contributed by atoms with Crippen molar-refractivity contribution < 1.29 is 9.59 Å². The third-order valence-electron chi connectivity index (χ3n) is 5.19. The van der Waals surface area contributed by atoms with E-state index in [1.54, 1.807) is 23.2 Å². The number of pyridine rings is 1. The largest absolute Gasteiger partial charge is 0.339 e. The SMILES string of the molecule is Cc1ccc(C(C)C)cc1CC(=O)N1CCN(C(=O)c2ccccn2)CC1. The summed E-state index contributed by atoms with van der Waals surface area (Å²) in [5.74, 6) is 0.507. The van der Waals surface area contributed by atoms with Gasteiger partial charge in [-0.15, -0.1) is 0 Å². The minimum atomic E-state index is -0.0665. The van der Waals surface area contributed by atoms with Gasteiger partial charge in [0.1, 0.15) is 5.69 Å². The Morgan fingerprint density at radius 2 is 1.74 bits per heavy atom. The van der Waals surface area contributed by atoms with E-state index in [2.05, 4.69) is 44.0 Å². The molecule has 2 heterocycles. The van der Waals surface area contributed by atoms with Crippen LogP contribution in [0.2, 0.25) is 0 Å². The molecule has 0 radical (unpaired) electrons. The van der Waals surface area contributed by atoms with Gasteiger partial charge in [0, 0.05) is 32.4 Å². The molecule has 1 aliphatic heterocycles. The summed E-state index contributed by atoms with van der Waals surface area (Å²) in [4.78, 5) is 33.0. The van der Waals surface area contributed by atoms with E-state index in [4.69, 9.17) is 0 Å². The van der Waals surface area contributed by atoms with Gasteiger partial charge in [-0.05, 0) is 41.7 Å². The second kappa shape index (κ2) is 8.33. The zero-order valence-electron chi connectivity index (χ0n) is 16.3. The molecule has 142 valence electrons. The van der Waals surface area contributed by atoms with Crippen LogP contribution in [0.15, 0.2) is 42.6 Å². The Kier molecular flexibility index (Phi) is 5.89. The lowest BCUT2D eigenvalue weighted by Gasteiger charge is -2.34. The summed E-state index contributed by atoms with van der Waals surface area (Å²) in [6.07, 6.45) is 2.04. The average Bonchev–Trinajstić information content (AvgIpc) is 2.69. The van der Waals surface area contributed by atoms with Crippen molar-refractivity contribution in [3.05, 3.63) is 65.0 Å². The van der Waals surface area contributed by atoms with Crippen LogP contribution in [0.3, 0.4) is 0 Å². The zero-order valence-corrected chi connectivity index (χ0v) is 16.3. The summed E-state index contributed by atoms with van der Waals surface area (Å²) in [5.41, 5.74) is 3.96. The maximum Gasteiger partial charge on any atom is 0.272 e. The van der Waals surface area contributed by atoms with Gasteiger partial charge < -0.3 is 9.80 Å². The summed E-state index contributed by atoms with van der Waals surface area (Å²) in [6.45, 7) is 8.61. The van der Waals surface area contributed by atoms with Crippen LogP contribution in [0.1, 0.15) is 46.9 Å². The predicted octanol–water partition coefficient (Wildman–Crippen LogP) is 3.04. The van der Waals surface area contributed by atoms with Crippen LogP contribution < -0.4 is 0 Å². The lowest BCUT2D eigenvalue weighted by molar-refractivity contribution is -0.131. The zero-order chi connectivity index (χ0) is 19.4. The quantitative estimate of drug-likeness (QED) is 0.837. The first-order valence-corrected chi connectivity index (χ1v) is 9.53. The fourth-order valence-corrected chi connectivity index (χ4v) is 3.33. The number of carbonyl (C=O) groups is 2. The highest BCUT2D eigenvalue weighted by Gasteiger charge is 2.25. The van der Waals surface area contributed by atoms with Crippen molar-refractivity contribution in [2.24, 2.45) is 0 Å². The summed E-state index contributed by atoms with van der Waals surface area (Å²) >= 11 is 0. The fraction of sp³-hybridized carbons (Fsp3) is 0.409. The third-order valence-corrected chi connectivity index (χ3v) is 5.19. The van der Waals surface area contributed by atoms with Crippen LogP contribution in [0, 0.1) is 6.92 Å². The molecule has 1 fully saturated rings. The second-order valence-corrected chi connectivity index (χ2v) is 7.41. The number of amides is 2. The standard InChI is InChI=1S/C22H27N3O2/c1-16(2)18-8-7-17(3)19(14-18)15-21(26)24-10-12-25(13-11-24)22(27)20-6-4-5-9-23-20/h4-9,14,16H,10-13,15H2,1-3H3. The summed E-state index contributed by atoms with van der Waals surface area (Å²) in [6, 6.07) is 11.7. The third kappa shape index (κ3) is 4.54. The number of aromatic nitrogens is 1. The number of aryl methyl sites for hydroxylation is 1. The smallest absolute Gasteiger partial charge is 0.272 e. The Balaban J connectivity index is 1.59. The molecule has 1 aliphatic rings. The molecule has 3 rings (SSSR count). The molecule has 2 aromatic rings. The van der Waals surface area contributed by atoms with E-state index in [9.17, 15) is 9.59 Å². The van der Waals surface area contributed by atoms with Gasteiger partial charge in [-0.3, -0.25) is 14.6 Å². The minimum Gasteiger partial charge on any atom is -0.339 e. The van der Waals surface area contributed by atoms with Crippen molar-refractivity contribution in [2.45, 2.75) is 33.1 Å². The molecular formula is C22H27N3O2. The van der Waals surface area contributed by atoms with Gasteiger partial charge in [-0.2, -0.15) is 0 Å². The van der Waals surface area contributed by atoms with E-state index in [1.165, 1.54) is 5.56 Å². The van der Waals surface area contributed by atoms with Gasteiger partial charge in [0.15, 0.2) is 0 Å². The number of piperazine rings is 1. The number of rotatable bonds is 4. The van der Waals surface area contributed by atoms with Gasteiger partial charge in [0.05, 0.1) is 6.42 Å². The molecule has 0 spiro atoms. The minimum absolute atomic E-state index is 0.0665. The first-order chi connectivity index (χ1) is 13.0. The highest BCUT2D eigenvalue weighted by Crippen LogP contribution is 2.20. The molecule has 5 nitrogen and oxygen atoms in total. The van der Waals surface area contributed by atoms with Gasteiger partial charge in [-0.1, -0.05) is 38.1 Å². The maximum absolute atomic E-state index is 12.8. The molecular weight excluding hydrogens is 338 g/mol. The molecule has 2 amide bonds. The van der Waals surface area contributed by atoms with Gasteiger partial charge in [-0.25, -0.2) is 0 Å². The highest BCUT2D eigenvalue weighted by molar-refractivity contribution is 5.92.